The molecule has 1 aliphatic heterocycles. The van der Waals surface area contributed by atoms with Gasteiger partial charge in [-0.2, -0.15) is 0 Å². The average molecular weight is 276 g/mol. The Morgan fingerprint density at radius 3 is 2.19 bits per heavy atom. The highest BCUT2D eigenvalue weighted by atomic mass is 16.3. The van der Waals surface area contributed by atoms with E-state index in [1.807, 2.05) is 0 Å². The molecule has 0 unspecified atom stereocenters. The highest BCUT2D eigenvalue weighted by molar-refractivity contribution is 6.50. The van der Waals surface area contributed by atoms with Crippen LogP contribution in [-0.2, 0) is 0 Å². The first-order valence-corrected chi connectivity index (χ1v) is 6.31. The number of aliphatic imine (C=N–C) groups is 1. The molecule has 0 saturated carbocycles. The minimum Gasteiger partial charge on any atom is -0.870 e. The maximum Gasteiger partial charge on any atom is 0.229 e. The molecule has 0 radical (unpaired) electrons. The average Bonchev–Trinajstić information content (AvgIpc) is 3.05. The quantitative estimate of drug-likeness (QED) is 0.627. The van der Waals surface area contributed by atoms with Crippen LogP contribution in [0, 0.1) is 0 Å². The van der Waals surface area contributed by atoms with E-state index in [0.29, 0.717) is 11.4 Å². The molecule has 21 heavy (non-hydrogen) atoms. The Morgan fingerprint density at radius 1 is 0.905 bits per heavy atom. The molecule has 0 spiro atoms. The van der Waals surface area contributed by atoms with E-state index in [2.05, 4.69) is 15.0 Å². The molecule has 3 heterocycles. The van der Waals surface area contributed by atoms with Gasteiger partial charge < -0.3 is 5.11 Å². The van der Waals surface area contributed by atoms with Gasteiger partial charge in [0.2, 0.25) is 5.78 Å². The van der Waals surface area contributed by atoms with Gasteiger partial charge in [0.05, 0.1) is 11.4 Å². The maximum atomic E-state index is 12.2. The van der Waals surface area contributed by atoms with Crippen LogP contribution >= 0.6 is 0 Å². The van der Waals surface area contributed by atoms with Crippen LogP contribution in [0.25, 0.3) is 5.76 Å². The Morgan fingerprint density at radius 2 is 1.57 bits per heavy atom. The zero-order valence-corrected chi connectivity index (χ0v) is 10.9. The minimum atomic E-state index is -0.310. The number of nitrogens with zero attached hydrogens (tertiary/aromatic N) is 3. The van der Waals surface area contributed by atoms with E-state index in [0.717, 1.165) is 0 Å². The highest BCUT2D eigenvalue weighted by Crippen LogP contribution is 2.18. The Bertz CT molecular complexity index is 763. The molecule has 2 aromatic rings. The smallest absolute Gasteiger partial charge is 0.229 e. The fourth-order valence-electron chi connectivity index (χ4n) is 1.87. The van der Waals surface area contributed by atoms with Gasteiger partial charge in [-0.1, -0.05) is 17.9 Å². The van der Waals surface area contributed by atoms with Crippen LogP contribution in [0.2, 0.25) is 0 Å². The number of carbonyl (C=O) groups excluding carboxylic acids is 1. The van der Waals surface area contributed by atoms with Crippen molar-refractivity contribution in [3.05, 3.63) is 78.0 Å². The molecule has 0 N–H and O–H groups in total. The number of hydrogen-bond donors (Lipinski definition) is 0. The molecule has 0 saturated heterocycles. The Hall–Kier alpha value is -3.08. The molecule has 0 aliphatic carbocycles. The summed E-state index contributed by atoms with van der Waals surface area (Å²) in [5.74, 6) is -0.619. The normalized spacial score (nSPS) is 15.7. The topological polar surface area (TPSA) is 78.3 Å². The van der Waals surface area contributed by atoms with Gasteiger partial charge in [-0.25, -0.2) is 4.99 Å². The van der Waals surface area contributed by atoms with Crippen molar-refractivity contribution in [1.82, 2.24) is 9.97 Å². The predicted octanol–water partition coefficient (Wildman–Crippen LogP) is 1.40. The van der Waals surface area contributed by atoms with E-state index in [9.17, 15) is 9.90 Å². The van der Waals surface area contributed by atoms with Crippen LogP contribution in [0.4, 0.5) is 0 Å². The van der Waals surface area contributed by atoms with Crippen molar-refractivity contribution in [3.8, 4) is 0 Å². The summed E-state index contributed by atoms with van der Waals surface area (Å²) in [5.41, 5.74) is 1.00. The monoisotopic (exact) mass is 276 g/mol. The lowest BCUT2D eigenvalue weighted by Crippen LogP contribution is -2.12. The summed E-state index contributed by atoms with van der Waals surface area (Å²) in [7, 11) is 0. The molecule has 0 amide bonds. The van der Waals surface area contributed by atoms with Crippen LogP contribution in [0.3, 0.4) is 0 Å². The standard InChI is InChI=1S/C16H11N3O2/c20-15(11-5-1-3-9-17-11)13-7-8-14(19-13)16(21)12-6-2-4-10-18-12/h1-10,20H/p-1. The molecule has 0 atom stereocenters. The Balaban J connectivity index is 1.92. The van der Waals surface area contributed by atoms with Crippen molar-refractivity contribution in [2.75, 3.05) is 0 Å². The van der Waals surface area contributed by atoms with Crippen molar-refractivity contribution in [2.24, 2.45) is 4.99 Å². The number of hydrogen-bond acceptors (Lipinski definition) is 5. The van der Waals surface area contributed by atoms with Gasteiger partial charge in [-0.3, -0.25) is 14.8 Å². The number of ketones is 1. The number of aromatic nitrogens is 2. The fourth-order valence-corrected chi connectivity index (χ4v) is 1.87. The second kappa shape index (κ2) is 5.50. The molecule has 102 valence electrons. The minimum absolute atomic E-state index is 0.202. The Labute approximate surface area is 121 Å². The van der Waals surface area contributed by atoms with Crippen molar-refractivity contribution in [1.29, 1.82) is 0 Å². The van der Waals surface area contributed by atoms with Crippen LogP contribution in [0.5, 0.6) is 0 Å². The van der Waals surface area contributed by atoms with E-state index >= 15 is 0 Å². The van der Waals surface area contributed by atoms with Gasteiger partial charge in [0.15, 0.2) is 0 Å². The molecule has 1 aliphatic rings. The number of allylic oxidation sites excluding steroid dienone is 2. The highest BCUT2D eigenvalue weighted by Gasteiger charge is 2.16. The fraction of sp³-hybridized carbons (Fsp3) is 0. The van der Waals surface area contributed by atoms with Crippen molar-refractivity contribution in [3.63, 3.8) is 0 Å². The predicted molar refractivity (Wildman–Crippen MR) is 76.3 cm³/mol. The van der Waals surface area contributed by atoms with Crippen LogP contribution in [0.1, 0.15) is 16.2 Å². The van der Waals surface area contributed by atoms with E-state index < -0.39 is 0 Å². The first kappa shape index (κ1) is 12.9. The summed E-state index contributed by atoms with van der Waals surface area (Å²) in [4.78, 5) is 24.2. The van der Waals surface area contributed by atoms with Gasteiger partial charge in [0.25, 0.3) is 0 Å². The lowest BCUT2D eigenvalue weighted by Gasteiger charge is -2.11. The number of pyridine rings is 2. The molecular formula is C16H10N3O2-. The van der Waals surface area contributed by atoms with Gasteiger partial charge in [0, 0.05) is 12.4 Å². The molecule has 2 aromatic heterocycles. The second-order valence-corrected chi connectivity index (χ2v) is 4.30. The zero-order valence-electron chi connectivity index (χ0n) is 10.9. The molecule has 0 fully saturated rings. The number of rotatable bonds is 3. The second-order valence-electron chi connectivity index (χ2n) is 4.30. The van der Waals surface area contributed by atoms with E-state index in [-0.39, 0.29) is 23.0 Å². The molecule has 5 heteroatoms. The maximum absolute atomic E-state index is 12.2. The lowest BCUT2D eigenvalue weighted by molar-refractivity contribution is -0.245. The third kappa shape index (κ3) is 2.62. The van der Waals surface area contributed by atoms with E-state index in [4.69, 9.17) is 0 Å². The largest absolute Gasteiger partial charge is 0.870 e. The summed E-state index contributed by atoms with van der Waals surface area (Å²) in [6, 6.07) is 10.1. The molecule has 0 bridgehead atoms. The summed E-state index contributed by atoms with van der Waals surface area (Å²) >= 11 is 0. The van der Waals surface area contributed by atoms with Gasteiger partial charge in [-0.05, 0) is 36.4 Å². The molecular weight excluding hydrogens is 266 g/mol. The first-order valence-electron chi connectivity index (χ1n) is 6.31. The number of Topliss-reactive ketones (excluding diaryl/α,β-unsaturated/α-hetero) is 1. The van der Waals surface area contributed by atoms with Crippen LogP contribution in [-0.4, -0.2) is 21.5 Å². The van der Waals surface area contributed by atoms with Gasteiger partial charge in [-0.15, -0.1) is 0 Å². The third-order valence-electron chi connectivity index (χ3n) is 2.90. The van der Waals surface area contributed by atoms with E-state index in [1.165, 1.54) is 24.5 Å². The summed E-state index contributed by atoms with van der Waals surface area (Å²) in [5, 5.41) is 12.2. The van der Waals surface area contributed by atoms with Gasteiger partial charge >= 0.3 is 0 Å². The van der Waals surface area contributed by atoms with Crippen LogP contribution in [0.15, 0.2) is 71.6 Å². The zero-order chi connectivity index (χ0) is 14.7. The lowest BCUT2D eigenvalue weighted by atomic mass is 10.1. The van der Waals surface area contributed by atoms with Gasteiger partial charge in [0.1, 0.15) is 11.4 Å². The molecule has 5 nitrogen and oxygen atoms in total. The molecule has 3 rings (SSSR count). The first-order chi connectivity index (χ1) is 10.3. The van der Waals surface area contributed by atoms with Crippen molar-refractivity contribution in [2.45, 2.75) is 0 Å². The van der Waals surface area contributed by atoms with Crippen molar-refractivity contribution >= 4 is 17.3 Å². The Kier molecular flexibility index (Phi) is 3.39. The van der Waals surface area contributed by atoms with Crippen molar-refractivity contribution < 1.29 is 9.90 Å². The summed E-state index contributed by atoms with van der Waals surface area (Å²) in [6.07, 6.45) is 6.12. The SMILES string of the molecule is O=C(C1=NC(=C([O-])c2ccccn2)C=C1)c1ccccn1. The van der Waals surface area contributed by atoms with Crippen LogP contribution < -0.4 is 5.11 Å². The number of carbonyl (C=O) groups is 1. The summed E-state index contributed by atoms with van der Waals surface area (Å²) in [6.45, 7) is 0. The van der Waals surface area contributed by atoms with E-state index in [1.54, 1.807) is 36.4 Å². The third-order valence-corrected chi connectivity index (χ3v) is 2.90. The summed E-state index contributed by atoms with van der Waals surface area (Å²) < 4.78 is 0. The molecule has 0 aromatic carbocycles.